The Labute approximate surface area is 163 Å². The van der Waals surface area contributed by atoms with Crippen LogP contribution < -0.4 is 20.1 Å². The van der Waals surface area contributed by atoms with E-state index in [0.29, 0.717) is 35.0 Å². The minimum atomic E-state index is 0.383. The predicted molar refractivity (Wildman–Crippen MR) is 106 cm³/mol. The van der Waals surface area contributed by atoms with E-state index in [2.05, 4.69) is 30.6 Å². The van der Waals surface area contributed by atoms with E-state index in [1.54, 1.807) is 31.8 Å². The molecule has 1 saturated heterocycles. The molecule has 3 aromatic rings. The van der Waals surface area contributed by atoms with Crippen molar-refractivity contribution in [2.24, 2.45) is 0 Å². The third-order valence-electron chi connectivity index (χ3n) is 4.49. The van der Waals surface area contributed by atoms with Gasteiger partial charge in [-0.2, -0.15) is 0 Å². The highest BCUT2D eigenvalue weighted by atomic mass is 16.5. The molecule has 1 fully saturated rings. The van der Waals surface area contributed by atoms with Crippen LogP contribution in [-0.4, -0.2) is 46.2 Å². The van der Waals surface area contributed by atoms with E-state index in [-0.39, 0.29) is 0 Å². The molecule has 28 heavy (non-hydrogen) atoms. The van der Waals surface area contributed by atoms with Crippen molar-refractivity contribution in [1.29, 1.82) is 0 Å². The Morgan fingerprint density at radius 1 is 1.11 bits per heavy atom. The molecule has 0 radical (unpaired) electrons. The van der Waals surface area contributed by atoms with Gasteiger partial charge in [0, 0.05) is 25.0 Å². The predicted octanol–water partition coefficient (Wildman–Crippen LogP) is 2.90. The lowest BCUT2D eigenvalue weighted by molar-refractivity contribution is 0.412. The number of ether oxygens (including phenoxy) is 2. The zero-order valence-electron chi connectivity index (χ0n) is 15.6. The molecule has 3 heterocycles. The second-order valence-electron chi connectivity index (χ2n) is 6.43. The first-order valence-electron chi connectivity index (χ1n) is 9.25. The van der Waals surface area contributed by atoms with Crippen LogP contribution in [0.3, 0.4) is 0 Å². The maximum Gasteiger partial charge on any atom is 0.263 e. The minimum absolute atomic E-state index is 0.383. The van der Waals surface area contributed by atoms with Gasteiger partial charge in [0.05, 0.1) is 13.3 Å². The van der Waals surface area contributed by atoms with Gasteiger partial charge in [-0.25, -0.2) is 19.9 Å². The Hall–Kier alpha value is -3.26. The molecule has 8 heteroatoms. The van der Waals surface area contributed by atoms with E-state index in [9.17, 15) is 0 Å². The largest absolute Gasteiger partial charge is 0.497 e. The third kappa shape index (κ3) is 4.34. The lowest BCUT2D eigenvalue weighted by Gasteiger charge is -2.15. The summed E-state index contributed by atoms with van der Waals surface area (Å²) in [5, 5.41) is 6.81. The summed E-state index contributed by atoms with van der Waals surface area (Å²) < 4.78 is 11.2. The van der Waals surface area contributed by atoms with Crippen molar-refractivity contribution in [2.45, 2.75) is 18.9 Å². The molecule has 1 atom stereocenters. The first-order chi connectivity index (χ1) is 13.8. The molecule has 0 bridgehead atoms. The maximum atomic E-state index is 6.02. The van der Waals surface area contributed by atoms with E-state index >= 15 is 0 Å². The van der Waals surface area contributed by atoms with Gasteiger partial charge in [0.2, 0.25) is 0 Å². The quantitative estimate of drug-likeness (QED) is 0.648. The van der Waals surface area contributed by atoms with Crippen molar-refractivity contribution in [2.75, 3.05) is 25.5 Å². The normalized spacial score (nSPS) is 16.0. The summed E-state index contributed by atoms with van der Waals surface area (Å²) in [7, 11) is 1.63. The Kier molecular flexibility index (Phi) is 5.58. The van der Waals surface area contributed by atoms with E-state index in [1.807, 2.05) is 24.3 Å². The van der Waals surface area contributed by atoms with Gasteiger partial charge in [-0.05, 0) is 49.7 Å². The van der Waals surface area contributed by atoms with Gasteiger partial charge in [-0.3, -0.25) is 0 Å². The van der Waals surface area contributed by atoms with Crippen LogP contribution in [-0.2, 0) is 0 Å². The fraction of sp³-hybridized carbons (Fsp3) is 0.300. The Morgan fingerprint density at radius 3 is 2.61 bits per heavy atom. The molecule has 0 amide bonds. The van der Waals surface area contributed by atoms with Gasteiger partial charge in [0.1, 0.15) is 17.2 Å². The Morgan fingerprint density at radius 2 is 1.89 bits per heavy atom. The monoisotopic (exact) mass is 378 g/mol. The third-order valence-corrected chi connectivity index (χ3v) is 4.49. The summed E-state index contributed by atoms with van der Waals surface area (Å²) >= 11 is 0. The number of rotatable bonds is 7. The fourth-order valence-corrected chi connectivity index (χ4v) is 3.01. The second kappa shape index (κ2) is 8.62. The first-order valence-corrected chi connectivity index (χ1v) is 9.25. The highest BCUT2D eigenvalue weighted by Crippen LogP contribution is 2.29. The minimum Gasteiger partial charge on any atom is -0.497 e. The molecule has 1 aliphatic heterocycles. The highest BCUT2D eigenvalue weighted by Gasteiger charge is 2.17. The van der Waals surface area contributed by atoms with Crippen LogP contribution >= 0.6 is 0 Å². The van der Waals surface area contributed by atoms with Gasteiger partial charge < -0.3 is 20.1 Å². The molecule has 2 N–H and O–H groups in total. The molecular weight excluding hydrogens is 356 g/mol. The van der Waals surface area contributed by atoms with E-state index in [1.165, 1.54) is 6.42 Å². The van der Waals surface area contributed by atoms with Crippen LogP contribution in [0.25, 0.3) is 11.5 Å². The SMILES string of the molecule is COc1ccc(Oc2nc(-c3ncccn3)cnc2NC[C@@H]2CCCN2)cc1. The van der Waals surface area contributed by atoms with Gasteiger partial charge in [-0.1, -0.05) is 0 Å². The molecule has 8 nitrogen and oxygen atoms in total. The summed E-state index contributed by atoms with van der Waals surface area (Å²) in [4.78, 5) is 17.6. The Balaban J connectivity index is 1.59. The summed E-state index contributed by atoms with van der Waals surface area (Å²) in [6.07, 6.45) is 7.33. The molecule has 0 spiro atoms. The fourth-order valence-electron chi connectivity index (χ4n) is 3.01. The van der Waals surface area contributed by atoms with Crippen LogP contribution in [0.15, 0.2) is 48.9 Å². The number of hydrogen-bond acceptors (Lipinski definition) is 8. The van der Waals surface area contributed by atoms with Crippen LogP contribution in [0.1, 0.15) is 12.8 Å². The molecule has 0 aliphatic carbocycles. The van der Waals surface area contributed by atoms with Gasteiger partial charge in [0.15, 0.2) is 11.6 Å². The van der Waals surface area contributed by atoms with Crippen LogP contribution in [0.5, 0.6) is 17.4 Å². The van der Waals surface area contributed by atoms with Crippen molar-refractivity contribution < 1.29 is 9.47 Å². The number of nitrogens with zero attached hydrogens (tertiary/aromatic N) is 4. The van der Waals surface area contributed by atoms with Crippen molar-refractivity contribution in [3.8, 4) is 28.9 Å². The van der Waals surface area contributed by atoms with Crippen LogP contribution in [0, 0.1) is 0 Å². The summed E-state index contributed by atoms with van der Waals surface area (Å²) in [5.41, 5.74) is 0.550. The molecular formula is C20H22N6O2. The van der Waals surface area contributed by atoms with E-state index in [4.69, 9.17) is 9.47 Å². The topological polar surface area (TPSA) is 94.1 Å². The van der Waals surface area contributed by atoms with E-state index in [0.717, 1.165) is 25.3 Å². The van der Waals surface area contributed by atoms with Crippen molar-refractivity contribution in [3.05, 3.63) is 48.9 Å². The average molecular weight is 378 g/mol. The zero-order valence-corrected chi connectivity index (χ0v) is 15.6. The summed E-state index contributed by atoms with van der Waals surface area (Å²) in [5.74, 6) is 2.87. The van der Waals surface area contributed by atoms with Crippen LogP contribution in [0.2, 0.25) is 0 Å². The number of nitrogens with one attached hydrogen (secondary N) is 2. The summed E-state index contributed by atoms with van der Waals surface area (Å²) in [6, 6.07) is 9.51. The molecule has 0 unspecified atom stereocenters. The number of hydrogen-bond donors (Lipinski definition) is 2. The molecule has 2 aromatic heterocycles. The highest BCUT2D eigenvalue weighted by molar-refractivity contribution is 5.55. The maximum absolute atomic E-state index is 6.02. The molecule has 144 valence electrons. The molecule has 4 rings (SSSR count). The number of methoxy groups -OCH3 is 1. The number of benzene rings is 1. The van der Waals surface area contributed by atoms with Gasteiger partial charge in [0.25, 0.3) is 5.88 Å². The van der Waals surface area contributed by atoms with E-state index < -0.39 is 0 Å². The summed E-state index contributed by atoms with van der Waals surface area (Å²) in [6.45, 7) is 1.81. The zero-order chi connectivity index (χ0) is 19.2. The molecule has 0 saturated carbocycles. The Bertz CT molecular complexity index is 898. The molecule has 1 aliphatic rings. The van der Waals surface area contributed by atoms with Crippen molar-refractivity contribution in [3.63, 3.8) is 0 Å². The average Bonchev–Trinajstić information content (AvgIpc) is 3.28. The lowest BCUT2D eigenvalue weighted by Crippen LogP contribution is -2.29. The number of anilines is 1. The van der Waals surface area contributed by atoms with Crippen molar-refractivity contribution in [1.82, 2.24) is 25.3 Å². The number of aromatic nitrogens is 4. The smallest absolute Gasteiger partial charge is 0.263 e. The molecule has 1 aromatic carbocycles. The van der Waals surface area contributed by atoms with Gasteiger partial charge >= 0.3 is 0 Å². The standard InChI is InChI=1S/C20H22N6O2/c1-27-15-5-7-16(8-6-15)28-20-19(24-12-14-4-2-9-21-14)25-13-17(26-20)18-22-10-3-11-23-18/h3,5-8,10-11,13-14,21H,2,4,9,12H2,1H3,(H,24,25)/t14-/m0/s1. The second-order valence-corrected chi connectivity index (χ2v) is 6.43. The first kappa shape index (κ1) is 18.1. The van der Waals surface area contributed by atoms with Gasteiger partial charge in [-0.15, -0.1) is 0 Å². The van der Waals surface area contributed by atoms with Crippen molar-refractivity contribution >= 4 is 5.82 Å². The van der Waals surface area contributed by atoms with Crippen LogP contribution in [0.4, 0.5) is 5.82 Å². The lowest BCUT2D eigenvalue weighted by atomic mass is 10.2.